The van der Waals surface area contributed by atoms with E-state index in [1.165, 1.54) is 12.5 Å². The number of hydrogen-bond donors (Lipinski definition) is 2. The summed E-state index contributed by atoms with van der Waals surface area (Å²) in [6.45, 7) is 3.69. The van der Waals surface area contributed by atoms with Crippen LogP contribution in [0.4, 0.5) is 17.1 Å². The molecule has 104 valence electrons. The molecule has 0 aliphatic carbocycles. The van der Waals surface area contributed by atoms with Crippen LogP contribution in [0.1, 0.15) is 36.2 Å². The zero-order valence-electron chi connectivity index (χ0n) is 11.9. The Labute approximate surface area is 119 Å². The Balaban J connectivity index is 2.31. The molecule has 0 bridgehead atoms. The fourth-order valence-corrected chi connectivity index (χ4v) is 2.22. The number of rotatable bonds is 5. The largest absolute Gasteiger partial charge is 0.398 e. The zero-order chi connectivity index (χ0) is 14.5. The summed E-state index contributed by atoms with van der Waals surface area (Å²) in [5, 5.41) is 3.37. The van der Waals surface area contributed by atoms with E-state index >= 15 is 0 Å². The minimum atomic E-state index is -0.0204. The molecule has 3 N–H and O–H groups in total. The Morgan fingerprint density at radius 1 is 1.20 bits per heavy atom. The van der Waals surface area contributed by atoms with Crippen molar-refractivity contribution >= 4 is 22.8 Å². The topological polar surface area (TPSA) is 55.1 Å². The van der Waals surface area contributed by atoms with E-state index in [1.807, 2.05) is 18.2 Å². The van der Waals surface area contributed by atoms with Crippen LogP contribution in [0.25, 0.3) is 0 Å². The number of carbonyl (C=O) groups excluding carboxylic acids is 1. The quantitative estimate of drug-likeness (QED) is 0.632. The summed E-state index contributed by atoms with van der Waals surface area (Å²) in [4.78, 5) is 11.5. The monoisotopic (exact) mass is 268 g/mol. The molecule has 0 aliphatic rings. The Hall–Kier alpha value is -2.29. The van der Waals surface area contributed by atoms with E-state index in [1.54, 1.807) is 12.1 Å². The van der Waals surface area contributed by atoms with Crippen molar-refractivity contribution in [1.29, 1.82) is 0 Å². The molecule has 3 nitrogen and oxygen atoms in total. The molecule has 0 unspecified atom stereocenters. The third kappa shape index (κ3) is 3.18. The number of para-hydroxylation sites is 1. The van der Waals surface area contributed by atoms with Crippen molar-refractivity contribution < 1.29 is 4.79 Å². The van der Waals surface area contributed by atoms with Crippen LogP contribution < -0.4 is 11.1 Å². The van der Waals surface area contributed by atoms with Gasteiger partial charge in [0.15, 0.2) is 5.78 Å². The van der Waals surface area contributed by atoms with Gasteiger partial charge < -0.3 is 11.1 Å². The van der Waals surface area contributed by atoms with Gasteiger partial charge in [-0.3, -0.25) is 4.79 Å². The fourth-order valence-electron chi connectivity index (χ4n) is 2.22. The van der Waals surface area contributed by atoms with Gasteiger partial charge in [0.25, 0.3) is 0 Å². The lowest BCUT2D eigenvalue weighted by molar-refractivity contribution is 0.101. The van der Waals surface area contributed by atoms with Crippen molar-refractivity contribution in [3.63, 3.8) is 0 Å². The highest BCUT2D eigenvalue weighted by molar-refractivity contribution is 6.00. The van der Waals surface area contributed by atoms with Gasteiger partial charge in [-0.15, -0.1) is 0 Å². The second kappa shape index (κ2) is 6.24. The van der Waals surface area contributed by atoms with Crippen LogP contribution in [0, 0.1) is 0 Å². The van der Waals surface area contributed by atoms with Crippen molar-refractivity contribution in [2.24, 2.45) is 0 Å². The smallest absolute Gasteiger partial charge is 0.161 e. The van der Waals surface area contributed by atoms with Gasteiger partial charge in [-0.05, 0) is 43.2 Å². The van der Waals surface area contributed by atoms with E-state index in [9.17, 15) is 4.79 Å². The number of Topliss-reactive ketones (excluding diaryl/α,β-unsaturated/α-hetero) is 1. The number of nitrogen functional groups attached to an aromatic ring is 1. The van der Waals surface area contributed by atoms with E-state index in [0.29, 0.717) is 11.3 Å². The summed E-state index contributed by atoms with van der Waals surface area (Å²) in [5.41, 5.74) is 10.1. The van der Waals surface area contributed by atoms with Gasteiger partial charge >= 0.3 is 0 Å². The molecule has 2 rings (SSSR count). The minimum Gasteiger partial charge on any atom is -0.398 e. The highest BCUT2D eigenvalue weighted by atomic mass is 16.1. The van der Waals surface area contributed by atoms with Gasteiger partial charge in [-0.1, -0.05) is 31.5 Å². The molecule has 3 heteroatoms. The molecule has 0 aliphatic heterocycles. The lowest BCUT2D eigenvalue weighted by Crippen LogP contribution is -2.02. The first-order valence-electron chi connectivity index (χ1n) is 6.87. The average molecular weight is 268 g/mol. The van der Waals surface area contributed by atoms with Crippen molar-refractivity contribution in [1.82, 2.24) is 0 Å². The second-order valence-corrected chi connectivity index (χ2v) is 4.89. The van der Waals surface area contributed by atoms with E-state index in [2.05, 4.69) is 24.4 Å². The maximum atomic E-state index is 11.5. The van der Waals surface area contributed by atoms with Gasteiger partial charge in [0.05, 0.1) is 0 Å². The summed E-state index contributed by atoms with van der Waals surface area (Å²) in [5.74, 6) is -0.0204. The fraction of sp³-hybridized carbons (Fsp3) is 0.235. The molecule has 0 fully saturated rings. The molecule has 0 atom stereocenters. The molecule has 2 aromatic rings. The maximum absolute atomic E-state index is 11.5. The van der Waals surface area contributed by atoms with Crippen LogP contribution in [-0.4, -0.2) is 5.78 Å². The molecule has 20 heavy (non-hydrogen) atoms. The van der Waals surface area contributed by atoms with Gasteiger partial charge in [-0.25, -0.2) is 0 Å². The highest BCUT2D eigenvalue weighted by Gasteiger charge is 2.07. The number of anilines is 3. The normalized spacial score (nSPS) is 10.3. The van der Waals surface area contributed by atoms with Gasteiger partial charge in [-0.2, -0.15) is 0 Å². The summed E-state index contributed by atoms with van der Waals surface area (Å²) in [6.07, 6.45) is 2.12. The van der Waals surface area contributed by atoms with Crippen LogP contribution in [0.3, 0.4) is 0 Å². The summed E-state index contributed by atoms with van der Waals surface area (Å²) < 4.78 is 0. The molecule has 0 amide bonds. The number of nitrogens with one attached hydrogen (secondary N) is 1. The predicted molar refractivity (Wildman–Crippen MR) is 84.6 cm³/mol. The van der Waals surface area contributed by atoms with E-state index < -0.39 is 0 Å². The highest BCUT2D eigenvalue weighted by Crippen LogP contribution is 2.25. The predicted octanol–water partition coefficient (Wildman–Crippen LogP) is 4.17. The first kappa shape index (κ1) is 14.1. The van der Waals surface area contributed by atoms with Crippen molar-refractivity contribution in [3.05, 3.63) is 53.6 Å². The van der Waals surface area contributed by atoms with E-state index in [0.717, 1.165) is 24.2 Å². The molecule has 2 aromatic carbocycles. The number of aryl methyl sites for hydroxylation is 1. The summed E-state index contributed by atoms with van der Waals surface area (Å²) in [6, 6.07) is 13.7. The van der Waals surface area contributed by atoms with Crippen molar-refractivity contribution in [2.45, 2.75) is 26.7 Å². The van der Waals surface area contributed by atoms with Crippen LogP contribution in [0.5, 0.6) is 0 Å². The summed E-state index contributed by atoms with van der Waals surface area (Å²) in [7, 11) is 0. The minimum absolute atomic E-state index is 0.0204. The molecular formula is C17H20N2O. The maximum Gasteiger partial charge on any atom is 0.161 e. The average Bonchev–Trinajstić information content (AvgIpc) is 2.43. The van der Waals surface area contributed by atoms with E-state index in [4.69, 9.17) is 5.73 Å². The second-order valence-electron chi connectivity index (χ2n) is 4.89. The molecule has 0 aromatic heterocycles. The Kier molecular flexibility index (Phi) is 4.41. The number of ketones is 1. The van der Waals surface area contributed by atoms with Crippen molar-refractivity contribution in [3.8, 4) is 0 Å². The number of hydrogen-bond acceptors (Lipinski definition) is 3. The zero-order valence-corrected chi connectivity index (χ0v) is 11.9. The van der Waals surface area contributed by atoms with Gasteiger partial charge in [0.1, 0.15) is 0 Å². The number of benzene rings is 2. The Morgan fingerprint density at radius 3 is 2.65 bits per heavy atom. The van der Waals surface area contributed by atoms with Crippen LogP contribution in [0.15, 0.2) is 42.5 Å². The SMILES string of the molecule is CCCc1ccccc1Nc1ccc(N)c(C(C)=O)c1. The van der Waals surface area contributed by atoms with Crippen molar-refractivity contribution in [2.75, 3.05) is 11.1 Å². The molecule has 0 saturated heterocycles. The van der Waals surface area contributed by atoms with Gasteiger partial charge in [0.2, 0.25) is 0 Å². The van der Waals surface area contributed by atoms with E-state index in [-0.39, 0.29) is 5.78 Å². The third-order valence-corrected chi connectivity index (χ3v) is 3.25. The lowest BCUT2D eigenvalue weighted by atomic mass is 10.1. The molecule has 0 saturated carbocycles. The molecule has 0 radical (unpaired) electrons. The number of nitrogens with two attached hydrogens (primary N) is 1. The van der Waals surface area contributed by atoms with Crippen LogP contribution in [-0.2, 0) is 6.42 Å². The Bertz CT molecular complexity index is 620. The third-order valence-electron chi connectivity index (χ3n) is 3.25. The first-order chi connectivity index (χ1) is 9.61. The molecular weight excluding hydrogens is 248 g/mol. The molecule has 0 spiro atoms. The summed E-state index contributed by atoms with van der Waals surface area (Å²) >= 11 is 0. The molecule has 0 heterocycles. The standard InChI is InChI=1S/C17H20N2O/c1-3-6-13-7-4-5-8-17(13)19-14-9-10-16(18)15(11-14)12(2)20/h4-5,7-11,19H,3,6,18H2,1-2H3. The van der Waals surface area contributed by atoms with Crippen LogP contribution in [0.2, 0.25) is 0 Å². The lowest BCUT2D eigenvalue weighted by Gasteiger charge is -2.13. The van der Waals surface area contributed by atoms with Gasteiger partial charge in [0, 0.05) is 22.6 Å². The Morgan fingerprint density at radius 2 is 1.95 bits per heavy atom. The van der Waals surface area contributed by atoms with Crippen LogP contribution >= 0.6 is 0 Å². The first-order valence-corrected chi connectivity index (χ1v) is 6.87. The number of carbonyl (C=O) groups is 1.